The predicted octanol–water partition coefficient (Wildman–Crippen LogP) is 2.34. The first kappa shape index (κ1) is 20.0. The van der Waals surface area contributed by atoms with Gasteiger partial charge >= 0.3 is 0 Å². The van der Waals surface area contributed by atoms with Crippen LogP contribution in [-0.4, -0.2) is 51.1 Å². The lowest BCUT2D eigenvalue weighted by Crippen LogP contribution is -2.32. The van der Waals surface area contributed by atoms with E-state index >= 15 is 0 Å². The first-order valence-corrected chi connectivity index (χ1v) is 8.09. The Balaban J connectivity index is 3.07. The van der Waals surface area contributed by atoms with E-state index in [-0.39, 0.29) is 18.4 Å². The summed E-state index contributed by atoms with van der Waals surface area (Å²) in [7, 11) is 5.40. The van der Waals surface area contributed by atoms with Gasteiger partial charge in [-0.2, -0.15) is 0 Å². The van der Waals surface area contributed by atoms with Gasteiger partial charge in [0, 0.05) is 52.6 Å². The third-order valence-electron chi connectivity index (χ3n) is 3.51. The first-order chi connectivity index (χ1) is 11.2. The van der Waals surface area contributed by atoms with Crippen molar-refractivity contribution in [2.24, 2.45) is 5.92 Å². The molecule has 0 atom stereocenters. The molecule has 0 unspecified atom stereocenters. The van der Waals surface area contributed by atoms with Gasteiger partial charge in [-0.05, 0) is 29.7 Å². The molecule has 0 heterocycles. The van der Waals surface area contributed by atoms with Crippen LogP contribution in [0.25, 0.3) is 0 Å². The Kier molecular flexibility index (Phi) is 7.71. The molecule has 1 aromatic carbocycles. The number of carbonyl (C=O) groups is 2. The monoisotopic (exact) mass is 335 g/mol. The highest BCUT2D eigenvalue weighted by atomic mass is 16.5. The normalized spacial score (nSPS) is 10.6. The van der Waals surface area contributed by atoms with Crippen LogP contribution in [0.1, 0.15) is 26.3 Å². The topological polar surface area (TPSA) is 61.9 Å². The van der Waals surface area contributed by atoms with Crippen molar-refractivity contribution in [3.8, 4) is 0 Å². The molecule has 0 bridgehead atoms. The molecule has 6 heteroatoms. The lowest BCUT2D eigenvalue weighted by molar-refractivity contribution is -0.130. The number of amides is 2. The molecule has 0 aliphatic rings. The van der Waals surface area contributed by atoms with E-state index in [0.29, 0.717) is 24.7 Å². The summed E-state index contributed by atoms with van der Waals surface area (Å²) in [5.74, 6) is 0.232. The average molecular weight is 335 g/mol. The minimum absolute atomic E-state index is 0.0116. The third kappa shape index (κ3) is 6.20. The van der Waals surface area contributed by atoms with Gasteiger partial charge in [-0.3, -0.25) is 9.59 Å². The number of carbonyl (C=O) groups excluding carboxylic acids is 2. The highest BCUT2D eigenvalue weighted by molar-refractivity contribution is 5.92. The van der Waals surface area contributed by atoms with Crippen LogP contribution >= 0.6 is 0 Å². The van der Waals surface area contributed by atoms with Crippen LogP contribution in [0.4, 0.5) is 11.4 Å². The van der Waals surface area contributed by atoms with E-state index in [1.54, 1.807) is 6.92 Å². The largest absolute Gasteiger partial charge is 0.377 e. The summed E-state index contributed by atoms with van der Waals surface area (Å²) in [6, 6.07) is 5.72. The Morgan fingerprint density at radius 1 is 1.25 bits per heavy atom. The maximum atomic E-state index is 11.9. The number of hydrogen-bond acceptors (Lipinski definition) is 4. The molecule has 24 heavy (non-hydrogen) atoms. The van der Waals surface area contributed by atoms with Gasteiger partial charge < -0.3 is 19.9 Å². The number of anilines is 2. The van der Waals surface area contributed by atoms with Crippen LogP contribution in [0, 0.1) is 5.92 Å². The summed E-state index contributed by atoms with van der Waals surface area (Å²) in [6.07, 6.45) is 0. The van der Waals surface area contributed by atoms with Crippen molar-refractivity contribution in [1.82, 2.24) is 4.90 Å². The highest BCUT2D eigenvalue weighted by Crippen LogP contribution is 2.25. The Hall–Kier alpha value is -2.08. The molecule has 1 rings (SSSR count). The number of ether oxygens (including phenoxy) is 1. The van der Waals surface area contributed by atoms with E-state index in [1.807, 2.05) is 42.1 Å². The van der Waals surface area contributed by atoms with Gasteiger partial charge in [0.25, 0.3) is 0 Å². The maximum Gasteiger partial charge on any atom is 0.250 e. The fraction of sp³-hybridized carbons (Fsp3) is 0.556. The lowest BCUT2D eigenvalue weighted by atomic mass is 10.1. The molecular formula is C18H29N3O3. The van der Waals surface area contributed by atoms with Gasteiger partial charge in [0.2, 0.25) is 11.8 Å². The summed E-state index contributed by atoms with van der Waals surface area (Å²) < 4.78 is 4.83. The molecule has 0 spiro atoms. The smallest absolute Gasteiger partial charge is 0.250 e. The van der Waals surface area contributed by atoms with Crippen molar-refractivity contribution in [3.63, 3.8) is 0 Å². The molecule has 0 aliphatic carbocycles. The summed E-state index contributed by atoms with van der Waals surface area (Å²) in [5, 5.41) is 2.81. The first-order valence-electron chi connectivity index (χ1n) is 8.09. The van der Waals surface area contributed by atoms with Crippen molar-refractivity contribution in [2.75, 3.05) is 44.6 Å². The van der Waals surface area contributed by atoms with Gasteiger partial charge in [-0.1, -0.05) is 13.8 Å². The van der Waals surface area contributed by atoms with E-state index in [9.17, 15) is 9.59 Å². The summed E-state index contributed by atoms with van der Waals surface area (Å²) in [4.78, 5) is 27.5. The van der Waals surface area contributed by atoms with Gasteiger partial charge in [-0.15, -0.1) is 0 Å². The van der Waals surface area contributed by atoms with Crippen LogP contribution in [0.5, 0.6) is 0 Å². The van der Waals surface area contributed by atoms with Gasteiger partial charge in [0.1, 0.15) is 6.61 Å². The molecule has 134 valence electrons. The highest BCUT2D eigenvalue weighted by Gasteiger charge is 2.15. The molecule has 0 aliphatic heterocycles. The molecule has 1 aromatic rings. The van der Waals surface area contributed by atoms with E-state index < -0.39 is 0 Å². The van der Waals surface area contributed by atoms with Crippen molar-refractivity contribution >= 4 is 23.2 Å². The zero-order valence-electron chi connectivity index (χ0n) is 15.5. The number of hydrogen-bond donors (Lipinski definition) is 1. The maximum absolute atomic E-state index is 11.9. The molecule has 6 nitrogen and oxygen atoms in total. The molecule has 0 fully saturated rings. The van der Waals surface area contributed by atoms with Crippen molar-refractivity contribution < 1.29 is 14.3 Å². The fourth-order valence-electron chi connectivity index (χ4n) is 2.51. The number of benzene rings is 1. The zero-order valence-corrected chi connectivity index (χ0v) is 15.5. The standard InChI is InChI=1S/C18H29N3O3/c1-13(2)10-21(14(3)22)11-15-9-16(19-18(23)12-24-6)7-8-17(15)20(4)5/h7-9,13H,10-12H2,1-6H3,(H,19,23). The summed E-state index contributed by atoms with van der Waals surface area (Å²) in [5.41, 5.74) is 2.71. The van der Waals surface area contributed by atoms with E-state index in [1.165, 1.54) is 7.11 Å². The molecule has 0 saturated carbocycles. The van der Waals surface area contributed by atoms with E-state index in [0.717, 1.165) is 11.3 Å². The van der Waals surface area contributed by atoms with Crippen molar-refractivity contribution in [1.29, 1.82) is 0 Å². The zero-order chi connectivity index (χ0) is 18.3. The van der Waals surface area contributed by atoms with Crippen LogP contribution in [0.15, 0.2) is 18.2 Å². The molecule has 0 radical (unpaired) electrons. The Bertz CT molecular complexity index is 571. The van der Waals surface area contributed by atoms with Gasteiger partial charge in [0.05, 0.1) is 0 Å². The SMILES string of the molecule is COCC(=O)Nc1ccc(N(C)C)c(CN(CC(C)C)C(C)=O)c1. The van der Waals surface area contributed by atoms with Gasteiger partial charge in [0.15, 0.2) is 0 Å². The van der Waals surface area contributed by atoms with Crippen LogP contribution in [-0.2, 0) is 20.9 Å². The van der Waals surface area contributed by atoms with Gasteiger partial charge in [-0.25, -0.2) is 0 Å². The molecule has 0 aromatic heterocycles. The van der Waals surface area contributed by atoms with E-state index in [2.05, 4.69) is 19.2 Å². The van der Waals surface area contributed by atoms with E-state index in [4.69, 9.17) is 4.74 Å². The van der Waals surface area contributed by atoms with Crippen molar-refractivity contribution in [3.05, 3.63) is 23.8 Å². The molecule has 0 saturated heterocycles. The van der Waals surface area contributed by atoms with Crippen molar-refractivity contribution in [2.45, 2.75) is 27.3 Å². The lowest BCUT2D eigenvalue weighted by Gasteiger charge is -2.26. The third-order valence-corrected chi connectivity index (χ3v) is 3.51. The number of rotatable bonds is 8. The number of methoxy groups -OCH3 is 1. The molecule has 1 N–H and O–H groups in total. The van der Waals surface area contributed by atoms with Crippen LogP contribution in [0.2, 0.25) is 0 Å². The van der Waals surface area contributed by atoms with Crippen LogP contribution in [0.3, 0.4) is 0 Å². The predicted molar refractivity (Wildman–Crippen MR) is 97.2 cm³/mol. The second-order valence-corrected chi connectivity index (χ2v) is 6.51. The molecule has 2 amide bonds. The summed E-state index contributed by atoms with van der Waals surface area (Å²) >= 11 is 0. The fourth-order valence-corrected chi connectivity index (χ4v) is 2.51. The Labute approximate surface area is 144 Å². The Morgan fingerprint density at radius 3 is 2.42 bits per heavy atom. The Morgan fingerprint density at radius 2 is 1.92 bits per heavy atom. The average Bonchev–Trinajstić information content (AvgIpc) is 2.46. The second-order valence-electron chi connectivity index (χ2n) is 6.51. The second kappa shape index (κ2) is 9.27. The number of nitrogens with one attached hydrogen (secondary N) is 1. The number of nitrogens with zero attached hydrogens (tertiary/aromatic N) is 2. The molecular weight excluding hydrogens is 306 g/mol. The van der Waals surface area contributed by atoms with Crippen LogP contribution < -0.4 is 10.2 Å². The minimum Gasteiger partial charge on any atom is -0.377 e. The quantitative estimate of drug-likeness (QED) is 0.792. The minimum atomic E-state index is -0.202. The summed E-state index contributed by atoms with van der Waals surface area (Å²) in [6.45, 7) is 6.98.